The van der Waals surface area contributed by atoms with Gasteiger partial charge in [-0.1, -0.05) is 11.6 Å². The Hall–Kier alpha value is -3.75. The van der Waals surface area contributed by atoms with Gasteiger partial charge in [0.1, 0.15) is 11.5 Å². The number of hydrogen-bond donors (Lipinski definition) is 5. The summed E-state index contributed by atoms with van der Waals surface area (Å²) in [4.78, 5) is 36.2. The number of aliphatic hydroxyl groups excluding tert-OH is 1. The smallest absolute Gasteiger partial charge is 0.490 e. The highest BCUT2D eigenvalue weighted by Gasteiger charge is 2.38. The number of piperidine rings is 1. The van der Waals surface area contributed by atoms with E-state index in [1.807, 2.05) is 9.80 Å². The molecule has 0 aromatic heterocycles. The van der Waals surface area contributed by atoms with Gasteiger partial charge in [-0.15, -0.1) is 0 Å². The lowest BCUT2D eigenvalue weighted by Crippen LogP contribution is -2.50. The highest BCUT2D eigenvalue weighted by molar-refractivity contribution is 6.30. The fourth-order valence-electron chi connectivity index (χ4n) is 4.49. The summed E-state index contributed by atoms with van der Waals surface area (Å²) in [6.07, 6.45) is -4.20. The summed E-state index contributed by atoms with van der Waals surface area (Å²) in [7, 11) is 0. The number of nitrogens with zero attached hydrogens (tertiary/aromatic N) is 2. The van der Waals surface area contributed by atoms with Crippen molar-refractivity contribution in [2.45, 2.75) is 37.2 Å². The van der Waals surface area contributed by atoms with E-state index >= 15 is 0 Å². The minimum absolute atomic E-state index is 0.0139. The number of aliphatic carboxylic acids is 2. The number of likely N-dealkylation sites (tertiary alicyclic amines) is 1. The second kappa shape index (κ2) is 13.7. The number of carboxylic acid groups (broad SMARTS) is 2. The molecule has 2 aromatic rings. The number of amides is 1. The first-order valence-electron chi connectivity index (χ1n) is 12.5. The normalized spacial score (nSPS) is 19.3. The fraction of sp³-hybridized carbons (Fsp3) is 0.423. The molecule has 0 radical (unpaired) electrons. The van der Waals surface area contributed by atoms with Gasteiger partial charge >= 0.3 is 18.1 Å². The van der Waals surface area contributed by atoms with Crippen LogP contribution in [0.1, 0.15) is 23.2 Å². The molecule has 2 atom stereocenters. The third-order valence-corrected chi connectivity index (χ3v) is 6.74. The number of phenols is 1. The number of nitrogens with one attached hydrogen (secondary N) is 1. The maximum absolute atomic E-state index is 12.7. The molecule has 1 amide bonds. The Labute approximate surface area is 237 Å². The van der Waals surface area contributed by atoms with Crippen LogP contribution in [0.25, 0.3) is 0 Å². The standard InChI is InChI=1S/C24H28ClN3O6.C2HF3O2/c25-16-3-1-15(2-4-16)24(33)27-9-7-17(8-10-27)26-19-12-28(13-21(19)30)20-11-18(29)5-6-22(20)34-14-23(31)32;3-2(4,5)1(6)7/h1-6,11,17,19,21,26,29-30H,7-10,12-14H2,(H,31,32);(H,6,7)/t19?,21-;/m1./s1. The average Bonchev–Trinajstić information content (AvgIpc) is 3.27. The van der Waals surface area contributed by atoms with E-state index in [1.165, 1.54) is 18.2 Å². The number of carbonyl (C=O) groups is 3. The maximum atomic E-state index is 12.7. The van der Waals surface area contributed by atoms with E-state index in [-0.39, 0.29) is 23.7 Å². The van der Waals surface area contributed by atoms with E-state index in [9.17, 15) is 33.0 Å². The van der Waals surface area contributed by atoms with Crippen LogP contribution in [0, 0.1) is 0 Å². The largest absolute Gasteiger partial charge is 0.508 e. The zero-order chi connectivity index (χ0) is 30.3. The lowest BCUT2D eigenvalue weighted by Gasteiger charge is -2.34. The maximum Gasteiger partial charge on any atom is 0.490 e. The van der Waals surface area contributed by atoms with Gasteiger partial charge in [-0.3, -0.25) is 4.79 Å². The summed E-state index contributed by atoms with van der Waals surface area (Å²) in [6.45, 7) is 1.52. The van der Waals surface area contributed by atoms with Crippen LogP contribution in [0.15, 0.2) is 42.5 Å². The molecule has 1 unspecified atom stereocenters. The van der Waals surface area contributed by atoms with Gasteiger partial charge in [0.05, 0.1) is 17.8 Å². The van der Waals surface area contributed by atoms with Gasteiger partial charge in [0.15, 0.2) is 6.61 Å². The van der Waals surface area contributed by atoms with Crippen LogP contribution in [0.4, 0.5) is 18.9 Å². The van der Waals surface area contributed by atoms with Crippen LogP contribution in [0.5, 0.6) is 11.5 Å². The summed E-state index contributed by atoms with van der Waals surface area (Å²) in [5, 5.41) is 40.7. The number of hydrogen-bond acceptors (Lipinski definition) is 8. The quantitative estimate of drug-likeness (QED) is 0.318. The van der Waals surface area contributed by atoms with Crippen LogP contribution in [0.2, 0.25) is 5.02 Å². The molecule has 4 rings (SSSR count). The van der Waals surface area contributed by atoms with E-state index in [4.69, 9.17) is 31.3 Å². The molecular formula is C26H29ClF3N3O8. The number of aromatic hydroxyl groups is 1. The van der Waals surface area contributed by atoms with Crippen molar-refractivity contribution in [3.63, 3.8) is 0 Å². The zero-order valence-electron chi connectivity index (χ0n) is 21.6. The van der Waals surface area contributed by atoms with E-state index in [0.29, 0.717) is 48.2 Å². The predicted octanol–water partition coefficient (Wildman–Crippen LogP) is 2.59. The Bertz CT molecular complexity index is 1220. The van der Waals surface area contributed by atoms with Crippen LogP contribution in [-0.4, -0.2) is 100 Å². The SMILES string of the molecule is O=C(O)C(F)(F)F.O=C(O)COc1ccc(O)cc1N1CC(NC2CCN(C(=O)c3ccc(Cl)cc3)CC2)[C@H](O)C1. The third-order valence-electron chi connectivity index (χ3n) is 6.49. The lowest BCUT2D eigenvalue weighted by molar-refractivity contribution is -0.192. The second-order valence-corrected chi connectivity index (χ2v) is 9.89. The number of anilines is 1. The summed E-state index contributed by atoms with van der Waals surface area (Å²) in [6, 6.07) is 11.3. The molecule has 15 heteroatoms. The molecule has 11 nitrogen and oxygen atoms in total. The third kappa shape index (κ3) is 9.13. The molecule has 224 valence electrons. The van der Waals surface area contributed by atoms with Crippen molar-refractivity contribution in [3.8, 4) is 11.5 Å². The number of rotatable bonds is 7. The van der Waals surface area contributed by atoms with Crippen LogP contribution < -0.4 is 15.0 Å². The monoisotopic (exact) mass is 603 g/mol. The van der Waals surface area contributed by atoms with Crippen molar-refractivity contribution >= 4 is 35.1 Å². The van der Waals surface area contributed by atoms with E-state index in [0.717, 1.165) is 12.8 Å². The molecule has 2 fully saturated rings. The number of phenolic OH excluding ortho intramolecular Hbond substituents is 1. The molecule has 2 heterocycles. The first kappa shape index (κ1) is 31.8. The number of halogens is 4. The molecule has 2 aliphatic heterocycles. The Kier molecular flexibility index (Phi) is 10.7. The number of carbonyl (C=O) groups excluding carboxylic acids is 1. The highest BCUT2D eigenvalue weighted by Crippen LogP contribution is 2.34. The van der Waals surface area contributed by atoms with E-state index in [2.05, 4.69) is 5.32 Å². The van der Waals surface area contributed by atoms with Gasteiger partial charge in [-0.2, -0.15) is 13.2 Å². The molecule has 0 bridgehead atoms. The second-order valence-electron chi connectivity index (χ2n) is 9.46. The van der Waals surface area contributed by atoms with Crippen molar-refractivity contribution in [2.75, 3.05) is 37.7 Å². The lowest BCUT2D eigenvalue weighted by atomic mass is 10.0. The average molecular weight is 604 g/mol. The molecule has 0 saturated carbocycles. The Balaban J connectivity index is 0.000000587. The van der Waals surface area contributed by atoms with Crippen molar-refractivity contribution in [1.82, 2.24) is 10.2 Å². The van der Waals surface area contributed by atoms with Gasteiger partial charge in [-0.25, -0.2) is 9.59 Å². The number of β-amino-alcohol motifs (C(OH)–C–C–N with tert-alkyl or cyclic N) is 1. The van der Waals surface area contributed by atoms with Crippen molar-refractivity contribution in [3.05, 3.63) is 53.1 Å². The number of ether oxygens (including phenoxy) is 1. The molecule has 2 saturated heterocycles. The number of benzene rings is 2. The topological polar surface area (TPSA) is 160 Å². The first-order valence-corrected chi connectivity index (χ1v) is 12.8. The minimum Gasteiger partial charge on any atom is -0.508 e. The summed E-state index contributed by atoms with van der Waals surface area (Å²) in [5.41, 5.74) is 1.15. The number of aliphatic hydroxyl groups is 1. The van der Waals surface area contributed by atoms with Gasteiger partial charge < -0.3 is 40.3 Å². The van der Waals surface area contributed by atoms with Crippen LogP contribution >= 0.6 is 11.6 Å². The fourth-order valence-corrected chi connectivity index (χ4v) is 4.61. The summed E-state index contributed by atoms with van der Waals surface area (Å²) >= 11 is 5.91. The highest BCUT2D eigenvalue weighted by atomic mass is 35.5. The van der Waals surface area contributed by atoms with Crippen LogP contribution in [0.3, 0.4) is 0 Å². The Morgan fingerprint density at radius 1 is 1.02 bits per heavy atom. The Morgan fingerprint density at radius 2 is 1.63 bits per heavy atom. The zero-order valence-corrected chi connectivity index (χ0v) is 22.3. The van der Waals surface area contributed by atoms with E-state index < -0.39 is 30.8 Å². The number of carboxylic acids is 2. The van der Waals surface area contributed by atoms with Gasteiger partial charge in [0.25, 0.3) is 5.91 Å². The summed E-state index contributed by atoms with van der Waals surface area (Å²) < 4.78 is 37.1. The molecular weight excluding hydrogens is 575 g/mol. The molecule has 0 aliphatic carbocycles. The van der Waals surface area contributed by atoms with Crippen molar-refractivity contribution < 1.29 is 52.7 Å². The number of alkyl halides is 3. The first-order chi connectivity index (χ1) is 19.2. The molecule has 41 heavy (non-hydrogen) atoms. The predicted molar refractivity (Wildman–Crippen MR) is 140 cm³/mol. The van der Waals surface area contributed by atoms with Gasteiger partial charge in [0, 0.05) is 48.9 Å². The van der Waals surface area contributed by atoms with E-state index in [1.54, 1.807) is 24.3 Å². The molecule has 5 N–H and O–H groups in total. The summed E-state index contributed by atoms with van der Waals surface area (Å²) in [5.74, 6) is -3.50. The van der Waals surface area contributed by atoms with Gasteiger partial charge in [0.2, 0.25) is 0 Å². The van der Waals surface area contributed by atoms with Crippen molar-refractivity contribution in [2.24, 2.45) is 0 Å². The minimum atomic E-state index is -5.08. The Morgan fingerprint density at radius 3 is 2.20 bits per heavy atom. The molecule has 0 spiro atoms. The van der Waals surface area contributed by atoms with Crippen LogP contribution in [-0.2, 0) is 9.59 Å². The van der Waals surface area contributed by atoms with Crippen molar-refractivity contribution in [1.29, 1.82) is 0 Å². The molecule has 2 aromatic carbocycles. The van der Waals surface area contributed by atoms with Gasteiger partial charge in [-0.05, 0) is 49.2 Å². The molecule has 2 aliphatic rings.